The molecule has 0 saturated carbocycles. The molecule has 1 aliphatic heterocycles. The Balaban J connectivity index is 1.74. The number of anilines is 2. The minimum Gasteiger partial charge on any atom is -0.324 e. The Hall–Kier alpha value is -2.13. The average Bonchev–Trinajstić information content (AvgIpc) is 2.76. The van der Waals surface area contributed by atoms with Crippen LogP contribution < -0.4 is 9.62 Å². The van der Waals surface area contributed by atoms with Crippen molar-refractivity contribution in [1.82, 2.24) is 9.80 Å². The monoisotopic (exact) mass is 464 g/mol. The van der Waals surface area contributed by atoms with Crippen LogP contribution in [0, 0.1) is 0 Å². The quantitative estimate of drug-likeness (QED) is 0.649. The fourth-order valence-electron chi connectivity index (χ4n) is 3.63. The molecule has 0 atom stereocenters. The van der Waals surface area contributed by atoms with E-state index >= 15 is 0 Å². The van der Waals surface area contributed by atoms with E-state index in [1.807, 2.05) is 6.07 Å². The Bertz CT molecular complexity index is 993. The van der Waals surface area contributed by atoms with Gasteiger partial charge in [-0.15, -0.1) is 0 Å². The van der Waals surface area contributed by atoms with Crippen molar-refractivity contribution in [1.29, 1.82) is 0 Å². The van der Waals surface area contributed by atoms with Crippen molar-refractivity contribution in [2.45, 2.75) is 18.7 Å². The van der Waals surface area contributed by atoms with Crippen LogP contribution in [0.15, 0.2) is 53.4 Å². The van der Waals surface area contributed by atoms with E-state index in [-0.39, 0.29) is 23.9 Å². The number of rotatable bonds is 8. The number of hydrogen-bond acceptors (Lipinski definition) is 5. The van der Waals surface area contributed by atoms with Crippen molar-refractivity contribution in [3.05, 3.63) is 53.6 Å². The molecule has 0 bridgehead atoms. The van der Waals surface area contributed by atoms with E-state index in [0.717, 1.165) is 32.7 Å². The first kappa shape index (κ1) is 23.5. The van der Waals surface area contributed by atoms with Crippen LogP contribution in [-0.4, -0.2) is 69.9 Å². The molecule has 1 amide bonds. The first-order chi connectivity index (χ1) is 14.8. The third kappa shape index (κ3) is 5.77. The van der Waals surface area contributed by atoms with Crippen molar-refractivity contribution in [2.75, 3.05) is 55.4 Å². The molecule has 168 valence electrons. The van der Waals surface area contributed by atoms with Crippen LogP contribution in [0.25, 0.3) is 0 Å². The van der Waals surface area contributed by atoms with E-state index in [9.17, 15) is 13.2 Å². The summed E-state index contributed by atoms with van der Waals surface area (Å²) in [6, 6.07) is 13.3. The van der Waals surface area contributed by atoms with Gasteiger partial charge in [0.2, 0.25) is 5.91 Å². The molecule has 1 aliphatic rings. The van der Waals surface area contributed by atoms with Crippen LogP contribution in [-0.2, 0) is 14.8 Å². The lowest BCUT2D eigenvalue weighted by Gasteiger charge is -2.33. The van der Waals surface area contributed by atoms with E-state index in [1.54, 1.807) is 31.2 Å². The number of carbonyl (C=O) groups is 1. The first-order valence-corrected chi connectivity index (χ1v) is 12.3. The zero-order chi connectivity index (χ0) is 22.4. The molecule has 0 unspecified atom stereocenters. The van der Waals surface area contributed by atoms with E-state index in [1.165, 1.54) is 22.5 Å². The maximum Gasteiger partial charge on any atom is 0.264 e. The Morgan fingerprint density at radius 2 is 1.68 bits per heavy atom. The molecule has 31 heavy (non-hydrogen) atoms. The number of likely N-dealkylation sites (N-methyl/N-ethyl adjacent to an activating group) is 1. The van der Waals surface area contributed by atoms with Gasteiger partial charge in [0.05, 0.1) is 27.8 Å². The first-order valence-electron chi connectivity index (χ1n) is 10.5. The highest BCUT2D eigenvalue weighted by molar-refractivity contribution is 7.92. The molecule has 1 fully saturated rings. The number of carbonyl (C=O) groups excluding carboxylic acids is 1. The molecular formula is C22H29ClN4O3S. The van der Waals surface area contributed by atoms with Gasteiger partial charge in [-0.2, -0.15) is 0 Å². The second kappa shape index (κ2) is 10.5. The van der Waals surface area contributed by atoms with Crippen LogP contribution >= 0.6 is 11.6 Å². The SMILES string of the molecule is CCN1CCN(CC(=O)Nc2cc(S(=O)(=O)N(CC)c3ccccc3)ccc2Cl)CC1. The van der Waals surface area contributed by atoms with Gasteiger partial charge in [-0.25, -0.2) is 8.42 Å². The smallest absolute Gasteiger partial charge is 0.264 e. The molecule has 2 aromatic rings. The molecule has 1 saturated heterocycles. The van der Waals surface area contributed by atoms with Crippen LogP contribution in [0.3, 0.4) is 0 Å². The number of nitrogens with one attached hydrogen (secondary N) is 1. The molecule has 0 radical (unpaired) electrons. The van der Waals surface area contributed by atoms with Gasteiger partial charge in [-0.05, 0) is 43.8 Å². The molecule has 2 aromatic carbocycles. The number of nitrogens with zero attached hydrogens (tertiary/aromatic N) is 3. The second-order valence-corrected chi connectivity index (χ2v) is 9.68. The normalized spacial score (nSPS) is 15.6. The highest BCUT2D eigenvalue weighted by Gasteiger charge is 2.25. The van der Waals surface area contributed by atoms with Gasteiger partial charge in [-0.1, -0.05) is 36.7 Å². The van der Waals surface area contributed by atoms with Crippen molar-refractivity contribution < 1.29 is 13.2 Å². The van der Waals surface area contributed by atoms with E-state index in [2.05, 4.69) is 22.0 Å². The number of benzene rings is 2. The lowest BCUT2D eigenvalue weighted by Crippen LogP contribution is -2.48. The fraction of sp³-hybridized carbons (Fsp3) is 0.409. The van der Waals surface area contributed by atoms with E-state index in [4.69, 9.17) is 11.6 Å². The highest BCUT2D eigenvalue weighted by Crippen LogP contribution is 2.29. The standard InChI is InChI=1S/C22H29ClN4O3S/c1-3-25-12-14-26(15-13-25)17-22(28)24-21-16-19(10-11-20(21)23)31(29,30)27(4-2)18-8-6-5-7-9-18/h5-11,16H,3-4,12-15,17H2,1-2H3,(H,24,28). The number of sulfonamides is 1. The predicted molar refractivity (Wildman–Crippen MR) is 125 cm³/mol. The van der Waals surface area contributed by atoms with Gasteiger partial charge >= 0.3 is 0 Å². The lowest BCUT2D eigenvalue weighted by molar-refractivity contribution is -0.117. The largest absolute Gasteiger partial charge is 0.324 e. The van der Waals surface area contributed by atoms with Crippen LogP contribution in [0.5, 0.6) is 0 Å². The summed E-state index contributed by atoms with van der Waals surface area (Å²) in [7, 11) is -3.81. The second-order valence-electron chi connectivity index (χ2n) is 7.41. The summed E-state index contributed by atoms with van der Waals surface area (Å²) in [5.41, 5.74) is 0.876. The minimum atomic E-state index is -3.81. The van der Waals surface area contributed by atoms with Gasteiger partial charge < -0.3 is 10.2 Å². The van der Waals surface area contributed by atoms with Crippen molar-refractivity contribution in [2.24, 2.45) is 0 Å². The third-order valence-corrected chi connectivity index (χ3v) is 7.64. The Morgan fingerprint density at radius 3 is 2.29 bits per heavy atom. The minimum absolute atomic E-state index is 0.0782. The molecule has 0 spiro atoms. The summed E-state index contributed by atoms with van der Waals surface area (Å²) in [5, 5.41) is 3.08. The van der Waals surface area contributed by atoms with Crippen molar-refractivity contribution in [3.8, 4) is 0 Å². The maximum atomic E-state index is 13.2. The van der Waals surface area contributed by atoms with Crippen LogP contribution in [0.4, 0.5) is 11.4 Å². The van der Waals surface area contributed by atoms with Gasteiger partial charge in [-0.3, -0.25) is 14.0 Å². The van der Waals surface area contributed by atoms with Gasteiger partial charge in [0.1, 0.15) is 0 Å². The molecule has 0 aliphatic carbocycles. The Kier molecular flexibility index (Phi) is 7.94. The van der Waals surface area contributed by atoms with Gasteiger partial charge in [0, 0.05) is 32.7 Å². The van der Waals surface area contributed by atoms with E-state index in [0.29, 0.717) is 16.4 Å². The van der Waals surface area contributed by atoms with Crippen LogP contribution in [0.2, 0.25) is 5.02 Å². The summed E-state index contributed by atoms with van der Waals surface area (Å²) < 4.78 is 27.8. The topological polar surface area (TPSA) is 73.0 Å². The molecule has 3 rings (SSSR count). The molecular weight excluding hydrogens is 436 g/mol. The summed E-state index contributed by atoms with van der Waals surface area (Å²) >= 11 is 6.26. The Morgan fingerprint density at radius 1 is 1.03 bits per heavy atom. The lowest BCUT2D eigenvalue weighted by atomic mass is 10.3. The highest BCUT2D eigenvalue weighted by atomic mass is 35.5. The molecule has 0 aromatic heterocycles. The third-order valence-electron chi connectivity index (χ3n) is 5.41. The molecule has 1 heterocycles. The summed E-state index contributed by atoms with van der Waals surface area (Å²) in [5.74, 6) is -0.211. The molecule has 9 heteroatoms. The van der Waals surface area contributed by atoms with Crippen LogP contribution in [0.1, 0.15) is 13.8 Å². The molecule has 1 N–H and O–H groups in total. The molecule has 7 nitrogen and oxygen atoms in total. The Labute approximate surface area is 189 Å². The number of piperazine rings is 1. The van der Waals surface area contributed by atoms with Crippen molar-refractivity contribution >= 4 is 38.9 Å². The predicted octanol–water partition coefficient (Wildman–Crippen LogP) is 3.13. The number of para-hydroxylation sites is 1. The average molecular weight is 465 g/mol. The number of halogens is 1. The zero-order valence-electron chi connectivity index (χ0n) is 17.9. The maximum absolute atomic E-state index is 13.2. The zero-order valence-corrected chi connectivity index (χ0v) is 19.5. The van der Waals surface area contributed by atoms with Gasteiger partial charge in [0.25, 0.3) is 10.0 Å². The number of hydrogen-bond donors (Lipinski definition) is 1. The summed E-state index contributed by atoms with van der Waals surface area (Å²) in [4.78, 5) is 17.1. The summed E-state index contributed by atoms with van der Waals surface area (Å²) in [6.07, 6.45) is 0. The number of amides is 1. The van der Waals surface area contributed by atoms with Gasteiger partial charge in [0.15, 0.2) is 0 Å². The fourth-order valence-corrected chi connectivity index (χ4v) is 5.30. The van der Waals surface area contributed by atoms with Crippen molar-refractivity contribution in [3.63, 3.8) is 0 Å². The summed E-state index contributed by atoms with van der Waals surface area (Å²) in [6.45, 7) is 8.96. The van der Waals surface area contributed by atoms with E-state index < -0.39 is 10.0 Å².